The minimum absolute atomic E-state index is 0.179. The first-order valence-corrected chi connectivity index (χ1v) is 4.15. The fourth-order valence-corrected chi connectivity index (χ4v) is 1.62. The molecule has 1 aliphatic rings. The van der Waals surface area contributed by atoms with E-state index in [-0.39, 0.29) is 5.91 Å². The zero-order valence-electron chi connectivity index (χ0n) is 6.21. The van der Waals surface area contributed by atoms with Gasteiger partial charge in [-0.15, -0.1) is 0 Å². The summed E-state index contributed by atoms with van der Waals surface area (Å²) in [5.74, 6) is 0.179. The van der Waals surface area contributed by atoms with E-state index in [0.717, 1.165) is 25.9 Å². The molecule has 1 rings (SSSR count). The second kappa shape index (κ2) is 3.28. The van der Waals surface area contributed by atoms with Gasteiger partial charge in [0.1, 0.15) is 0 Å². The van der Waals surface area contributed by atoms with E-state index in [0.29, 0.717) is 5.25 Å². The van der Waals surface area contributed by atoms with E-state index in [4.69, 9.17) is 0 Å². The van der Waals surface area contributed by atoms with Crippen LogP contribution in [-0.2, 0) is 4.79 Å². The van der Waals surface area contributed by atoms with E-state index in [2.05, 4.69) is 12.6 Å². The highest BCUT2D eigenvalue weighted by Gasteiger charge is 2.17. The van der Waals surface area contributed by atoms with Crippen molar-refractivity contribution in [2.75, 3.05) is 13.1 Å². The van der Waals surface area contributed by atoms with Crippen molar-refractivity contribution in [1.29, 1.82) is 0 Å². The van der Waals surface area contributed by atoms with Gasteiger partial charge < -0.3 is 4.90 Å². The van der Waals surface area contributed by atoms with Gasteiger partial charge in [-0.25, -0.2) is 0 Å². The summed E-state index contributed by atoms with van der Waals surface area (Å²) in [4.78, 5) is 12.7. The average Bonchev–Trinajstić information content (AvgIpc) is 1.88. The third-order valence-electron chi connectivity index (χ3n) is 1.84. The summed E-state index contributed by atoms with van der Waals surface area (Å²) >= 11 is 4.32. The Hall–Kier alpha value is -0.180. The molecule has 1 heterocycles. The average molecular weight is 159 g/mol. The van der Waals surface area contributed by atoms with Crippen molar-refractivity contribution in [3.05, 3.63) is 0 Å². The molecular formula is C7H13NOS. The number of amides is 1. The van der Waals surface area contributed by atoms with Crippen molar-refractivity contribution in [3.63, 3.8) is 0 Å². The fraction of sp³-hybridized carbons (Fsp3) is 0.857. The highest BCUT2D eigenvalue weighted by Crippen LogP contribution is 2.14. The fourth-order valence-electron chi connectivity index (χ4n) is 1.24. The van der Waals surface area contributed by atoms with Gasteiger partial charge in [0.05, 0.1) is 0 Å². The van der Waals surface area contributed by atoms with Crippen LogP contribution < -0.4 is 0 Å². The molecule has 0 bridgehead atoms. The van der Waals surface area contributed by atoms with Crippen molar-refractivity contribution in [2.45, 2.75) is 25.0 Å². The van der Waals surface area contributed by atoms with Gasteiger partial charge in [-0.1, -0.05) is 0 Å². The smallest absolute Gasteiger partial charge is 0.219 e. The van der Waals surface area contributed by atoms with Crippen molar-refractivity contribution >= 4 is 18.5 Å². The summed E-state index contributed by atoms with van der Waals surface area (Å²) in [7, 11) is 0. The first kappa shape index (κ1) is 7.92. The predicted octanol–water partition coefficient (Wildman–Crippen LogP) is 0.927. The molecule has 0 aromatic heterocycles. The van der Waals surface area contributed by atoms with Crippen LogP contribution in [0.4, 0.5) is 0 Å². The number of likely N-dealkylation sites (tertiary alicyclic amines) is 1. The van der Waals surface area contributed by atoms with Gasteiger partial charge in [0.15, 0.2) is 0 Å². The van der Waals surface area contributed by atoms with E-state index in [1.165, 1.54) is 0 Å². The number of nitrogens with zero attached hydrogens (tertiary/aromatic N) is 1. The van der Waals surface area contributed by atoms with Gasteiger partial charge in [0, 0.05) is 25.3 Å². The van der Waals surface area contributed by atoms with Crippen molar-refractivity contribution in [2.24, 2.45) is 0 Å². The Morgan fingerprint density at radius 1 is 1.70 bits per heavy atom. The summed E-state index contributed by atoms with van der Waals surface area (Å²) in [6, 6.07) is 0. The monoisotopic (exact) mass is 159 g/mol. The molecule has 1 amide bonds. The minimum atomic E-state index is 0.179. The van der Waals surface area contributed by atoms with Gasteiger partial charge in [-0.2, -0.15) is 12.6 Å². The number of carbonyl (C=O) groups is 1. The normalized spacial score (nSPS) is 26.6. The van der Waals surface area contributed by atoms with Gasteiger partial charge in [-0.05, 0) is 12.8 Å². The summed E-state index contributed by atoms with van der Waals surface area (Å²) in [6.07, 6.45) is 2.25. The number of thiol groups is 1. The van der Waals surface area contributed by atoms with Gasteiger partial charge >= 0.3 is 0 Å². The molecule has 1 fully saturated rings. The summed E-state index contributed by atoms with van der Waals surface area (Å²) in [5, 5.41) is 0.401. The molecule has 0 aromatic carbocycles. The second-order valence-corrected chi connectivity index (χ2v) is 3.49. The lowest BCUT2D eigenvalue weighted by Crippen LogP contribution is -2.38. The maximum absolute atomic E-state index is 10.8. The Morgan fingerprint density at radius 2 is 2.40 bits per heavy atom. The number of hydrogen-bond donors (Lipinski definition) is 1. The van der Waals surface area contributed by atoms with E-state index in [1.807, 2.05) is 4.90 Å². The number of piperidine rings is 1. The quantitative estimate of drug-likeness (QED) is 0.521. The molecule has 10 heavy (non-hydrogen) atoms. The molecule has 1 atom stereocenters. The largest absolute Gasteiger partial charge is 0.342 e. The van der Waals surface area contributed by atoms with Crippen LogP contribution in [0.25, 0.3) is 0 Å². The predicted molar refractivity (Wildman–Crippen MR) is 44.3 cm³/mol. The maximum atomic E-state index is 10.8. The summed E-state index contributed by atoms with van der Waals surface area (Å²) in [6.45, 7) is 3.37. The number of rotatable bonds is 0. The van der Waals surface area contributed by atoms with Crippen LogP contribution in [-0.4, -0.2) is 29.1 Å². The Bertz CT molecular complexity index is 138. The lowest BCUT2D eigenvalue weighted by atomic mass is 10.1. The lowest BCUT2D eigenvalue weighted by Gasteiger charge is -2.29. The van der Waals surface area contributed by atoms with Gasteiger partial charge in [0.25, 0.3) is 0 Å². The zero-order chi connectivity index (χ0) is 7.56. The van der Waals surface area contributed by atoms with Crippen LogP contribution in [0.3, 0.4) is 0 Å². The Morgan fingerprint density at radius 3 is 2.80 bits per heavy atom. The molecule has 0 aromatic rings. The lowest BCUT2D eigenvalue weighted by molar-refractivity contribution is -0.129. The van der Waals surface area contributed by atoms with Crippen LogP contribution in [0.2, 0.25) is 0 Å². The van der Waals surface area contributed by atoms with Crippen LogP contribution >= 0.6 is 12.6 Å². The first-order chi connectivity index (χ1) is 4.70. The summed E-state index contributed by atoms with van der Waals surface area (Å²) < 4.78 is 0. The van der Waals surface area contributed by atoms with Crippen LogP contribution in [0.15, 0.2) is 0 Å². The van der Waals surface area contributed by atoms with Gasteiger partial charge in [-0.3, -0.25) is 4.79 Å². The minimum Gasteiger partial charge on any atom is -0.342 e. The Balaban J connectivity index is 2.39. The maximum Gasteiger partial charge on any atom is 0.219 e. The number of carbonyl (C=O) groups excluding carboxylic acids is 1. The second-order valence-electron chi connectivity index (χ2n) is 2.76. The highest BCUT2D eigenvalue weighted by molar-refractivity contribution is 7.81. The van der Waals surface area contributed by atoms with Crippen LogP contribution in [0, 0.1) is 0 Å². The van der Waals surface area contributed by atoms with E-state index < -0.39 is 0 Å². The number of hydrogen-bond acceptors (Lipinski definition) is 2. The standard InChI is InChI=1S/C7H13NOS/c1-6(9)8-4-2-3-7(10)5-8/h7,10H,2-5H2,1H3. The van der Waals surface area contributed by atoms with E-state index >= 15 is 0 Å². The van der Waals surface area contributed by atoms with Crippen molar-refractivity contribution < 1.29 is 4.79 Å². The molecule has 0 aliphatic carbocycles. The molecule has 0 spiro atoms. The first-order valence-electron chi connectivity index (χ1n) is 3.63. The SMILES string of the molecule is CC(=O)N1CCCC(S)C1. The molecule has 1 aliphatic heterocycles. The third-order valence-corrected chi connectivity index (χ3v) is 2.26. The van der Waals surface area contributed by atoms with Crippen molar-refractivity contribution in [3.8, 4) is 0 Å². The molecule has 0 radical (unpaired) electrons. The molecule has 2 nitrogen and oxygen atoms in total. The molecule has 0 saturated carbocycles. The zero-order valence-corrected chi connectivity index (χ0v) is 7.10. The molecule has 1 saturated heterocycles. The molecular weight excluding hydrogens is 146 g/mol. The third kappa shape index (κ3) is 1.90. The molecule has 0 N–H and O–H groups in total. The molecule has 1 unspecified atom stereocenters. The van der Waals surface area contributed by atoms with Gasteiger partial charge in [0.2, 0.25) is 5.91 Å². The molecule has 58 valence electrons. The molecule has 3 heteroatoms. The van der Waals surface area contributed by atoms with Crippen molar-refractivity contribution in [1.82, 2.24) is 4.90 Å². The summed E-state index contributed by atoms with van der Waals surface area (Å²) in [5.41, 5.74) is 0. The van der Waals surface area contributed by atoms with E-state index in [9.17, 15) is 4.79 Å². The van der Waals surface area contributed by atoms with E-state index in [1.54, 1.807) is 6.92 Å². The topological polar surface area (TPSA) is 20.3 Å². The van der Waals surface area contributed by atoms with Crippen LogP contribution in [0.1, 0.15) is 19.8 Å². The Kier molecular flexibility index (Phi) is 2.60. The Labute approximate surface area is 67.0 Å². The van der Waals surface area contributed by atoms with Crippen LogP contribution in [0.5, 0.6) is 0 Å². The highest BCUT2D eigenvalue weighted by atomic mass is 32.1.